The third-order valence-corrected chi connectivity index (χ3v) is 4.92. The zero-order valence-electron chi connectivity index (χ0n) is 12.1. The fourth-order valence-corrected chi connectivity index (χ4v) is 3.51. The van der Waals surface area contributed by atoms with Gasteiger partial charge < -0.3 is 18.2 Å². The first kappa shape index (κ1) is 15.8. The second-order valence-corrected chi connectivity index (χ2v) is 6.15. The molecule has 0 radical (unpaired) electrons. The van der Waals surface area contributed by atoms with Crippen LogP contribution in [0.1, 0.15) is 13.8 Å². The highest BCUT2D eigenvalue weighted by Crippen LogP contribution is 2.46. The lowest BCUT2D eigenvalue weighted by molar-refractivity contribution is 0.229. The van der Waals surface area contributed by atoms with Gasteiger partial charge in [0.1, 0.15) is 11.3 Å². The van der Waals surface area contributed by atoms with Gasteiger partial charge >= 0.3 is 13.2 Å². The van der Waals surface area contributed by atoms with Gasteiger partial charge in [0.2, 0.25) is 0 Å². The summed E-state index contributed by atoms with van der Waals surface area (Å²) in [4.78, 5) is 12.1. The van der Waals surface area contributed by atoms with Crippen molar-refractivity contribution in [2.75, 3.05) is 20.3 Å². The predicted octanol–water partition coefficient (Wildman–Crippen LogP) is 2.69. The van der Waals surface area contributed by atoms with Gasteiger partial charge in [0.25, 0.3) is 0 Å². The van der Waals surface area contributed by atoms with Crippen LogP contribution in [-0.2, 0) is 13.6 Å². The minimum atomic E-state index is -3.67. The van der Waals surface area contributed by atoms with Gasteiger partial charge in [-0.2, -0.15) is 0 Å². The third kappa shape index (κ3) is 3.18. The van der Waals surface area contributed by atoms with Crippen LogP contribution in [0.5, 0.6) is 5.75 Å². The van der Waals surface area contributed by atoms with Crippen molar-refractivity contribution in [2.24, 2.45) is 0 Å². The Morgan fingerprint density at radius 3 is 2.38 bits per heavy atom. The summed E-state index contributed by atoms with van der Waals surface area (Å²) >= 11 is 0. The van der Waals surface area contributed by atoms with E-state index in [9.17, 15) is 9.36 Å². The number of methoxy groups -OCH3 is 1. The molecule has 2 rings (SSSR count). The molecule has 1 aromatic carbocycles. The van der Waals surface area contributed by atoms with E-state index in [1.807, 2.05) is 0 Å². The van der Waals surface area contributed by atoms with E-state index < -0.39 is 13.2 Å². The summed E-state index contributed by atoms with van der Waals surface area (Å²) in [5, 5.41) is 0.522. The molecular formula is C14H17O6P. The second kappa shape index (κ2) is 6.43. The van der Waals surface area contributed by atoms with Crippen LogP contribution >= 0.6 is 7.60 Å². The molecule has 0 saturated heterocycles. The van der Waals surface area contributed by atoms with Crippen molar-refractivity contribution < 1.29 is 22.8 Å². The Labute approximate surface area is 122 Å². The van der Waals surface area contributed by atoms with Crippen LogP contribution in [0, 0.1) is 0 Å². The summed E-state index contributed by atoms with van der Waals surface area (Å²) < 4.78 is 33.3. The number of rotatable bonds is 6. The van der Waals surface area contributed by atoms with Crippen molar-refractivity contribution in [3.05, 3.63) is 34.7 Å². The molecule has 0 saturated carbocycles. The van der Waals surface area contributed by atoms with E-state index in [0.29, 0.717) is 16.7 Å². The van der Waals surface area contributed by atoms with Crippen LogP contribution in [0.25, 0.3) is 11.0 Å². The number of benzene rings is 1. The largest absolute Gasteiger partial charge is 0.497 e. The van der Waals surface area contributed by atoms with E-state index in [1.165, 1.54) is 13.2 Å². The zero-order valence-corrected chi connectivity index (χ0v) is 13.0. The molecule has 0 aliphatic carbocycles. The van der Waals surface area contributed by atoms with Gasteiger partial charge in [0.05, 0.1) is 20.3 Å². The first-order chi connectivity index (χ1) is 10.0. The average Bonchev–Trinajstić information content (AvgIpc) is 2.46. The predicted molar refractivity (Wildman–Crippen MR) is 79.5 cm³/mol. The molecule has 0 bridgehead atoms. The molecule has 0 unspecified atom stereocenters. The lowest BCUT2D eigenvalue weighted by Crippen LogP contribution is -2.26. The van der Waals surface area contributed by atoms with Gasteiger partial charge in [-0.25, -0.2) is 4.79 Å². The van der Waals surface area contributed by atoms with E-state index in [0.717, 1.165) is 0 Å². The van der Waals surface area contributed by atoms with Crippen LogP contribution in [0.15, 0.2) is 33.5 Å². The molecule has 0 aliphatic rings. The molecular weight excluding hydrogens is 295 g/mol. The van der Waals surface area contributed by atoms with Gasteiger partial charge in [0, 0.05) is 11.5 Å². The molecule has 2 aromatic rings. The van der Waals surface area contributed by atoms with Crippen molar-refractivity contribution in [1.29, 1.82) is 0 Å². The lowest BCUT2D eigenvalue weighted by atomic mass is 10.2. The van der Waals surface area contributed by atoms with E-state index in [2.05, 4.69) is 0 Å². The third-order valence-electron chi connectivity index (χ3n) is 2.82. The Kier molecular flexibility index (Phi) is 4.83. The summed E-state index contributed by atoms with van der Waals surface area (Å²) in [6.45, 7) is 3.69. The first-order valence-corrected chi connectivity index (χ1v) is 8.10. The number of fused-ring (bicyclic) bond motifs is 1. The Balaban J connectivity index is 2.61. The summed E-state index contributed by atoms with van der Waals surface area (Å²) in [6.07, 6.45) is 0. The highest BCUT2D eigenvalue weighted by molar-refractivity contribution is 7.62. The smallest absolute Gasteiger partial charge is 0.368 e. The van der Waals surface area contributed by atoms with Crippen molar-refractivity contribution in [2.45, 2.75) is 13.8 Å². The molecule has 1 aromatic heterocycles. The normalized spacial score (nSPS) is 11.8. The molecule has 0 amide bonds. The maximum absolute atomic E-state index is 12.7. The highest BCUT2D eigenvalue weighted by atomic mass is 31.2. The van der Waals surface area contributed by atoms with Crippen molar-refractivity contribution >= 4 is 23.9 Å². The fraction of sp³-hybridized carbons (Fsp3) is 0.357. The Bertz CT molecular complexity index is 726. The van der Waals surface area contributed by atoms with Crippen LogP contribution in [0.4, 0.5) is 0 Å². The molecule has 0 N–H and O–H groups in total. The first-order valence-electron chi connectivity index (χ1n) is 6.55. The molecule has 0 fully saturated rings. The molecule has 114 valence electrons. The van der Waals surface area contributed by atoms with Gasteiger partial charge in [-0.05, 0) is 32.0 Å². The van der Waals surface area contributed by atoms with E-state index >= 15 is 0 Å². The van der Waals surface area contributed by atoms with Gasteiger partial charge in [0.15, 0.2) is 5.30 Å². The van der Waals surface area contributed by atoms with E-state index in [-0.39, 0.29) is 18.5 Å². The summed E-state index contributed by atoms with van der Waals surface area (Å²) in [5.41, 5.74) is -0.386. The molecule has 7 heteroatoms. The standard InChI is InChI=1S/C14H17O6P/c1-4-18-21(16,19-5-2)13-8-10-6-7-11(17-3)9-12(10)20-14(13)15/h6-9H,4-5H2,1-3H3. The molecule has 1 heterocycles. The lowest BCUT2D eigenvalue weighted by Gasteiger charge is -2.16. The molecule has 0 atom stereocenters. The van der Waals surface area contributed by atoms with Gasteiger partial charge in [-0.1, -0.05) is 0 Å². The van der Waals surface area contributed by atoms with Crippen LogP contribution in [0.2, 0.25) is 0 Å². The number of ether oxygens (including phenoxy) is 1. The Hall–Kier alpha value is -1.62. The minimum absolute atomic E-state index is 0.0936. The average molecular weight is 312 g/mol. The zero-order chi connectivity index (χ0) is 15.5. The van der Waals surface area contributed by atoms with Crippen LogP contribution in [0.3, 0.4) is 0 Å². The minimum Gasteiger partial charge on any atom is -0.497 e. The van der Waals surface area contributed by atoms with Gasteiger partial charge in [-0.3, -0.25) is 4.57 Å². The maximum atomic E-state index is 12.7. The Morgan fingerprint density at radius 2 is 1.81 bits per heavy atom. The van der Waals surface area contributed by atoms with Crippen LogP contribution < -0.4 is 15.7 Å². The summed E-state index contributed by atoms with van der Waals surface area (Å²) in [6, 6.07) is 6.50. The van der Waals surface area contributed by atoms with E-state index in [4.69, 9.17) is 18.2 Å². The van der Waals surface area contributed by atoms with Crippen molar-refractivity contribution in [1.82, 2.24) is 0 Å². The van der Waals surface area contributed by atoms with Crippen molar-refractivity contribution in [3.8, 4) is 5.75 Å². The molecule has 21 heavy (non-hydrogen) atoms. The van der Waals surface area contributed by atoms with Crippen LogP contribution in [-0.4, -0.2) is 20.3 Å². The summed E-state index contributed by atoms with van der Waals surface area (Å²) in [5.74, 6) is 0.566. The Morgan fingerprint density at radius 1 is 1.14 bits per heavy atom. The van der Waals surface area contributed by atoms with E-state index in [1.54, 1.807) is 32.0 Å². The number of hydrogen-bond acceptors (Lipinski definition) is 6. The quantitative estimate of drug-likeness (QED) is 0.603. The highest BCUT2D eigenvalue weighted by Gasteiger charge is 2.31. The summed E-state index contributed by atoms with van der Waals surface area (Å²) in [7, 11) is -2.15. The number of hydrogen-bond donors (Lipinski definition) is 0. The topological polar surface area (TPSA) is 75.0 Å². The molecule has 0 spiro atoms. The SMILES string of the molecule is CCOP(=O)(OCC)c1cc2ccc(OC)cc2oc1=O. The molecule has 6 nitrogen and oxygen atoms in total. The maximum Gasteiger partial charge on any atom is 0.368 e. The van der Waals surface area contributed by atoms with Crippen molar-refractivity contribution in [3.63, 3.8) is 0 Å². The second-order valence-electron chi connectivity index (χ2n) is 4.16. The van der Waals surface area contributed by atoms with Gasteiger partial charge in [-0.15, -0.1) is 0 Å². The molecule has 0 aliphatic heterocycles. The monoisotopic (exact) mass is 312 g/mol. The fourth-order valence-electron chi connectivity index (χ4n) is 1.91.